The van der Waals surface area contributed by atoms with Crippen LogP contribution >= 0.6 is 0 Å². The average Bonchev–Trinajstić information content (AvgIpc) is 2.95. The third kappa shape index (κ3) is 4.59. The molecule has 3 aromatic rings. The van der Waals surface area contributed by atoms with Gasteiger partial charge in [-0.25, -0.2) is 0 Å². The lowest BCUT2D eigenvalue weighted by atomic mass is 10.1. The molecule has 1 aromatic heterocycles. The highest BCUT2D eigenvalue weighted by Crippen LogP contribution is 2.24. The van der Waals surface area contributed by atoms with Crippen LogP contribution in [0.1, 0.15) is 47.2 Å². The molecule has 0 radical (unpaired) electrons. The SMILES string of the molecule is Cc1ccc(NC(=O)C(=O)c2cn(CC(=O)N3CCCCCC3)c3ccccc23)c(C)c1. The summed E-state index contributed by atoms with van der Waals surface area (Å²) in [7, 11) is 0. The van der Waals surface area contributed by atoms with Crippen molar-refractivity contribution in [2.75, 3.05) is 18.4 Å². The van der Waals surface area contributed by atoms with Crippen LogP contribution in [0.5, 0.6) is 0 Å². The van der Waals surface area contributed by atoms with Crippen molar-refractivity contribution < 1.29 is 14.4 Å². The van der Waals surface area contributed by atoms with Crippen molar-refractivity contribution >= 4 is 34.2 Å². The van der Waals surface area contributed by atoms with E-state index in [2.05, 4.69) is 5.32 Å². The number of amides is 2. The van der Waals surface area contributed by atoms with E-state index >= 15 is 0 Å². The number of fused-ring (bicyclic) bond motifs is 1. The van der Waals surface area contributed by atoms with E-state index in [0.717, 1.165) is 55.4 Å². The number of carbonyl (C=O) groups excluding carboxylic acids is 3. The molecule has 1 fully saturated rings. The summed E-state index contributed by atoms with van der Waals surface area (Å²) >= 11 is 0. The number of hydrogen-bond acceptors (Lipinski definition) is 3. The number of carbonyl (C=O) groups is 3. The Bertz CT molecular complexity index is 1170. The van der Waals surface area contributed by atoms with Crippen LogP contribution in [0.25, 0.3) is 10.9 Å². The zero-order valence-electron chi connectivity index (χ0n) is 18.7. The van der Waals surface area contributed by atoms with E-state index < -0.39 is 11.7 Å². The maximum absolute atomic E-state index is 13.1. The van der Waals surface area contributed by atoms with Gasteiger partial charge >= 0.3 is 0 Å². The molecule has 32 heavy (non-hydrogen) atoms. The van der Waals surface area contributed by atoms with E-state index in [4.69, 9.17) is 0 Å². The molecule has 1 aliphatic heterocycles. The molecular formula is C26H29N3O3. The van der Waals surface area contributed by atoms with Crippen LogP contribution in [0.3, 0.4) is 0 Å². The van der Waals surface area contributed by atoms with Gasteiger partial charge in [-0.15, -0.1) is 0 Å². The number of aryl methyl sites for hydroxylation is 2. The molecule has 1 saturated heterocycles. The summed E-state index contributed by atoms with van der Waals surface area (Å²) in [5.41, 5.74) is 3.69. The Balaban J connectivity index is 1.58. The Kier molecular flexibility index (Phi) is 6.40. The lowest BCUT2D eigenvalue weighted by Gasteiger charge is -2.20. The van der Waals surface area contributed by atoms with Gasteiger partial charge in [-0.2, -0.15) is 0 Å². The molecule has 0 spiro atoms. The number of para-hydroxylation sites is 1. The second-order valence-electron chi connectivity index (χ2n) is 8.58. The fraction of sp³-hybridized carbons (Fsp3) is 0.346. The van der Waals surface area contributed by atoms with Gasteiger partial charge in [0.25, 0.3) is 11.7 Å². The first-order chi connectivity index (χ1) is 15.4. The first-order valence-electron chi connectivity index (χ1n) is 11.2. The van der Waals surface area contributed by atoms with E-state index in [1.54, 1.807) is 16.8 Å². The number of rotatable bonds is 5. The summed E-state index contributed by atoms with van der Waals surface area (Å²) in [6.07, 6.45) is 6.01. The van der Waals surface area contributed by atoms with Crippen LogP contribution in [0.15, 0.2) is 48.7 Å². The van der Waals surface area contributed by atoms with Crippen LogP contribution in [-0.2, 0) is 16.1 Å². The monoisotopic (exact) mass is 431 g/mol. The van der Waals surface area contributed by atoms with E-state index in [9.17, 15) is 14.4 Å². The molecule has 0 atom stereocenters. The quantitative estimate of drug-likeness (QED) is 0.478. The zero-order chi connectivity index (χ0) is 22.7. The number of nitrogens with one attached hydrogen (secondary N) is 1. The molecule has 166 valence electrons. The topological polar surface area (TPSA) is 71.4 Å². The van der Waals surface area contributed by atoms with Gasteiger partial charge in [0, 0.05) is 35.9 Å². The minimum Gasteiger partial charge on any atom is -0.341 e. The summed E-state index contributed by atoms with van der Waals surface area (Å²) in [5, 5.41) is 3.41. The van der Waals surface area contributed by atoms with Gasteiger partial charge in [-0.05, 0) is 44.4 Å². The van der Waals surface area contributed by atoms with Crippen LogP contribution in [0.2, 0.25) is 0 Å². The Morgan fingerprint density at radius 2 is 1.66 bits per heavy atom. The van der Waals surface area contributed by atoms with Crippen molar-refractivity contribution in [3.63, 3.8) is 0 Å². The predicted octanol–water partition coefficient (Wildman–Crippen LogP) is 4.48. The summed E-state index contributed by atoms with van der Waals surface area (Å²) in [5.74, 6) is -1.24. The highest BCUT2D eigenvalue weighted by molar-refractivity contribution is 6.48. The van der Waals surface area contributed by atoms with Crippen LogP contribution in [0.4, 0.5) is 5.69 Å². The highest BCUT2D eigenvalue weighted by Gasteiger charge is 2.24. The van der Waals surface area contributed by atoms with Crippen molar-refractivity contribution in [2.45, 2.75) is 46.1 Å². The molecule has 6 heteroatoms. The van der Waals surface area contributed by atoms with Gasteiger partial charge < -0.3 is 14.8 Å². The zero-order valence-corrected chi connectivity index (χ0v) is 18.7. The molecule has 0 bridgehead atoms. The van der Waals surface area contributed by atoms with Gasteiger partial charge in [-0.3, -0.25) is 14.4 Å². The van der Waals surface area contributed by atoms with E-state index in [1.807, 2.05) is 55.1 Å². The van der Waals surface area contributed by atoms with E-state index in [-0.39, 0.29) is 12.5 Å². The molecule has 2 aromatic carbocycles. The first-order valence-corrected chi connectivity index (χ1v) is 11.2. The molecule has 0 saturated carbocycles. The second-order valence-corrected chi connectivity index (χ2v) is 8.58. The Labute approximate surface area is 188 Å². The Morgan fingerprint density at radius 1 is 0.938 bits per heavy atom. The predicted molar refractivity (Wildman–Crippen MR) is 126 cm³/mol. The number of ketones is 1. The number of hydrogen-bond donors (Lipinski definition) is 1. The summed E-state index contributed by atoms with van der Waals surface area (Å²) < 4.78 is 1.79. The van der Waals surface area contributed by atoms with Crippen LogP contribution in [0, 0.1) is 13.8 Å². The van der Waals surface area contributed by atoms with Crippen molar-refractivity contribution in [2.24, 2.45) is 0 Å². The normalized spacial score (nSPS) is 14.2. The van der Waals surface area contributed by atoms with E-state index in [0.29, 0.717) is 16.6 Å². The smallest absolute Gasteiger partial charge is 0.296 e. The van der Waals surface area contributed by atoms with Gasteiger partial charge in [-0.1, -0.05) is 48.7 Å². The molecule has 0 aliphatic carbocycles. The summed E-state index contributed by atoms with van der Waals surface area (Å²) in [6, 6.07) is 13.1. The van der Waals surface area contributed by atoms with Crippen LogP contribution < -0.4 is 5.32 Å². The molecule has 1 N–H and O–H groups in total. The van der Waals surface area contributed by atoms with Gasteiger partial charge in [0.2, 0.25) is 5.91 Å². The number of anilines is 1. The second kappa shape index (κ2) is 9.39. The van der Waals surface area contributed by atoms with Gasteiger partial charge in [0.05, 0.1) is 5.56 Å². The molecule has 2 heterocycles. The third-order valence-electron chi connectivity index (χ3n) is 6.13. The number of aromatic nitrogens is 1. The molecule has 1 aliphatic rings. The minimum absolute atomic E-state index is 0.0476. The number of likely N-dealkylation sites (tertiary alicyclic amines) is 1. The lowest BCUT2D eigenvalue weighted by Crippen LogP contribution is -2.34. The molecule has 2 amide bonds. The molecule has 6 nitrogen and oxygen atoms in total. The van der Waals surface area contributed by atoms with Crippen LogP contribution in [-0.4, -0.2) is 40.2 Å². The largest absolute Gasteiger partial charge is 0.341 e. The van der Waals surface area contributed by atoms with Crippen molar-refractivity contribution in [3.8, 4) is 0 Å². The Hall–Kier alpha value is -3.41. The first kappa shape index (κ1) is 21.8. The third-order valence-corrected chi connectivity index (χ3v) is 6.13. The number of nitrogens with zero attached hydrogens (tertiary/aromatic N) is 2. The van der Waals surface area contributed by atoms with Gasteiger partial charge in [0.15, 0.2) is 0 Å². The molecule has 0 unspecified atom stereocenters. The highest BCUT2D eigenvalue weighted by atomic mass is 16.2. The maximum atomic E-state index is 13.1. The Morgan fingerprint density at radius 3 is 2.38 bits per heavy atom. The van der Waals surface area contributed by atoms with Crippen molar-refractivity contribution in [1.82, 2.24) is 9.47 Å². The number of benzene rings is 2. The summed E-state index contributed by atoms with van der Waals surface area (Å²) in [4.78, 5) is 40.7. The van der Waals surface area contributed by atoms with Crippen molar-refractivity contribution in [3.05, 3.63) is 65.4 Å². The van der Waals surface area contributed by atoms with Crippen molar-refractivity contribution in [1.29, 1.82) is 0 Å². The van der Waals surface area contributed by atoms with E-state index in [1.165, 1.54) is 0 Å². The maximum Gasteiger partial charge on any atom is 0.296 e. The number of Topliss-reactive ketones (excluding diaryl/α,β-unsaturated/α-hetero) is 1. The fourth-order valence-corrected chi connectivity index (χ4v) is 4.38. The lowest BCUT2D eigenvalue weighted by molar-refractivity contribution is -0.131. The minimum atomic E-state index is -0.682. The summed E-state index contributed by atoms with van der Waals surface area (Å²) in [6.45, 7) is 5.59. The standard InChI is InChI=1S/C26H29N3O3/c1-18-11-12-22(19(2)15-18)27-26(32)25(31)21-16-29(23-10-6-5-9-20(21)23)17-24(30)28-13-7-3-4-8-14-28/h5-6,9-12,15-16H,3-4,7-8,13-14,17H2,1-2H3,(H,27,32). The van der Waals surface area contributed by atoms with Gasteiger partial charge in [0.1, 0.15) is 6.54 Å². The average molecular weight is 432 g/mol. The molecule has 4 rings (SSSR count). The fourth-order valence-electron chi connectivity index (χ4n) is 4.38. The molecular weight excluding hydrogens is 402 g/mol.